The van der Waals surface area contributed by atoms with Crippen LogP contribution in [0.4, 0.5) is 0 Å². The molecule has 1 aromatic heterocycles. The number of nitrogens with zero attached hydrogens (tertiary/aromatic N) is 2. The molecule has 1 aliphatic rings. The van der Waals surface area contributed by atoms with Crippen molar-refractivity contribution in [3.63, 3.8) is 0 Å². The molecule has 1 atom stereocenters. The number of benzene rings is 1. The van der Waals surface area contributed by atoms with Gasteiger partial charge in [0, 0.05) is 18.9 Å². The zero-order valence-corrected chi connectivity index (χ0v) is 13.4. The van der Waals surface area contributed by atoms with E-state index in [1.54, 1.807) is 38.7 Å². The third kappa shape index (κ3) is 2.99. The summed E-state index contributed by atoms with van der Waals surface area (Å²) in [5, 5.41) is 0. The van der Waals surface area contributed by atoms with Crippen molar-refractivity contribution in [1.29, 1.82) is 0 Å². The highest BCUT2D eigenvalue weighted by Crippen LogP contribution is 2.37. The average Bonchev–Trinajstić information content (AvgIpc) is 3.10. The molecule has 1 aliphatic heterocycles. The Morgan fingerprint density at radius 2 is 2.04 bits per heavy atom. The van der Waals surface area contributed by atoms with Gasteiger partial charge in [-0.2, -0.15) is 0 Å². The summed E-state index contributed by atoms with van der Waals surface area (Å²) in [4.78, 5) is 18.7. The SMILES string of the molecule is COc1ccc(C2CCCN2C(=O)c2cccnc2)cc1OC. The van der Waals surface area contributed by atoms with E-state index in [1.165, 1.54) is 0 Å². The van der Waals surface area contributed by atoms with Crippen molar-refractivity contribution in [2.75, 3.05) is 20.8 Å². The Hall–Kier alpha value is -2.56. The van der Waals surface area contributed by atoms with Crippen LogP contribution in [0.3, 0.4) is 0 Å². The second-order valence-electron chi connectivity index (χ2n) is 5.51. The average molecular weight is 312 g/mol. The number of hydrogen-bond donors (Lipinski definition) is 0. The van der Waals surface area contributed by atoms with Gasteiger partial charge in [-0.1, -0.05) is 6.07 Å². The molecule has 1 unspecified atom stereocenters. The third-order valence-corrected chi connectivity index (χ3v) is 4.21. The van der Waals surface area contributed by atoms with Gasteiger partial charge in [0.1, 0.15) is 0 Å². The maximum absolute atomic E-state index is 12.7. The summed E-state index contributed by atoms with van der Waals surface area (Å²) in [6, 6.07) is 9.49. The van der Waals surface area contributed by atoms with E-state index < -0.39 is 0 Å². The first-order valence-electron chi connectivity index (χ1n) is 7.67. The van der Waals surface area contributed by atoms with E-state index in [1.807, 2.05) is 23.1 Å². The second kappa shape index (κ2) is 6.69. The van der Waals surface area contributed by atoms with Gasteiger partial charge in [-0.05, 0) is 42.7 Å². The van der Waals surface area contributed by atoms with Crippen molar-refractivity contribution in [3.05, 3.63) is 53.9 Å². The highest BCUT2D eigenvalue weighted by atomic mass is 16.5. The molecule has 1 amide bonds. The summed E-state index contributed by atoms with van der Waals surface area (Å²) in [5.41, 5.74) is 1.69. The Labute approximate surface area is 135 Å². The molecule has 2 heterocycles. The minimum Gasteiger partial charge on any atom is -0.493 e. The van der Waals surface area contributed by atoms with Gasteiger partial charge in [-0.25, -0.2) is 0 Å². The topological polar surface area (TPSA) is 51.7 Å². The van der Waals surface area contributed by atoms with Crippen LogP contribution >= 0.6 is 0 Å². The van der Waals surface area contributed by atoms with Crippen LogP contribution in [0.15, 0.2) is 42.7 Å². The van der Waals surface area contributed by atoms with Crippen molar-refractivity contribution < 1.29 is 14.3 Å². The molecule has 5 heteroatoms. The number of aromatic nitrogens is 1. The van der Waals surface area contributed by atoms with Gasteiger partial charge in [-0.3, -0.25) is 9.78 Å². The Kier molecular flexibility index (Phi) is 4.46. The van der Waals surface area contributed by atoms with Gasteiger partial charge >= 0.3 is 0 Å². The fourth-order valence-corrected chi connectivity index (χ4v) is 3.07. The quantitative estimate of drug-likeness (QED) is 0.870. The maximum Gasteiger partial charge on any atom is 0.255 e. The number of ether oxygens (including phenoxy) is 2. The monoisotopic (exact) mass is 312 g/mol. The van der Waals surface area contributed by atoms with E-state index in [2.05, 4.69) is 4.98 Å². The molecule has 23 heavy (non-hydrogen) atoms. The van der Waals surface area contributed by atoms with Gasteiger partial charge in [0.2, 0.25) is 0 Å². The summed E-state index contributed by atoms with van der Waals surface area (Å²) in [6.45, 7) is 0.757. The molecule has 5 nitrogen and oxygen atoms in total. The number of hydrogen-bond acceptors (Lipinski definition) is 4. The first-order chi connectivity index (χ1) is 11.2. The van der Waals surface area contributed by atoms with E-state index in [9.17, 15) is 4.79 Å². The summed E-state index contributed by atoms with van der Waals surface area (Å²) < 4.78 is 10.7. The standard InChI is InChI=1S/C18H20N2O3/c1-22-16-8-7-13(11-17(16)23-2)15-6-4-10-20(15)18(21)14-5-3-9-19-12-14/h3,5,7-9,11-12,15H,4,6,10H2,1-2H3. The fourth-order valence-electron chi connectivity index (χ4n) is 3.07. The van der Waals surface area contributed by atoms with Gasteiger partial charge in [0.25, 0.3) is 5.91 Å². The third-order valence-electron chi connectivity index (χ3n) is 4.21. The molecule has 2 aromatic rings. The molecule has 0 spiro atoms. The first kappa shape index (κ1) is 15.3. The zero-order chi connectivity index (χ0) is 16.2. The van der Waals surface area contributed by atoms with Crippen molar-refractivity contribution in [2.45, 2.75) is 18.9 Å². The molecule has 1 fully saturated rings. The molecule has 1 aromatic carbocycles. The molecule has 0 saturated carbocycles. The highest BCUT2D eigenvalue weighted by Gasteiger charge is 2.31. The van der Waals surface area contributed by atoms with E-state index in [0.29, 0.717) is 17.1 Å². The number of carbonyl (C=O) groups is 1. The lowest BCUT2D eigenvalue weighted by molar-refractivity contribution is 0.0735. The number of carbonyl (C=O) groups excluding carboxylic acids is 1. The van der Waals surface area contributed by atoms with E-state index in [0.717, 1.165) is 24.9 Å². The Bertz CT molecular complexity index is 688. The molecule has 0 bridgehead atoms. The largest absolute Gasteiger partial charge is 0.493 e. The van der Waals surface area contributed by atoms with E-state index >= 15 is 0 Å². The number of methoxy groups -OCH3 is 2. The van der Waals surface area contributed by atoms with Crippen LogP contribution in [-0.2, 0) is 0 Å². The summed E-state index contributed by atoms with van der Waals surface area (Å²) >= 11 is 0. The molecule has 0 N–H and O–H groups in total. The second-order valence-corrected chi connectivity index (χ2v) is 5.51. The van der Waals surface area contributed by atoms with Crippen LogP contribution in [0.2, 0.25) is 0 Å². The normalized spacial score (nSPS) is 17.1. The maximum atomic E-state index is 12.7. The Balaban J connectivity index is 1.88. The lowest BCUT2D eigenvalue weighted by Gasteiger charge is -2.25. The summed E-state index contributed by atoms with van der Waals surface area (Å²) in [7, 11) is 3.24. The van der Waals surface area contributed by atoms with Crippen molar-refractivity contribution in [2.24, 2.45) is 0 Å². The molecular weight excluding hydrogens is 292 g/mol. The number of amides is 1. The van der Waals surface area contributed by atoms with Crippen molar-refractivity contribution >= 4 is 5.91 Å². The summed E-state index contributed by atoms with van der Waals surface area (Å²) in [6.07, 6.45) is 5.23. The number of likely N-dealkylation sites (tertiary alicyclic amines) is 1. The van der Waals surface area contributed by atoms with Crippen molar-refractivity contribution in [3.8, 4) is 11.5 Å². The number of pyridine rings is 1. The van der Waals surface area contributed by atoms with Crippen molar-refractivity contribution in [1.82, 2.24) is 9.88 Å². The minimum absolute atomic E-state index is 0.0235. The molecule has 0 radical (unpaired) electrons. The number of rotatable bonds is 4. The molecule has 120 valence electrons. The lowest BCUT2D eigenvalue weighted by atomic mass is 10.0. The lowest BCUT2D eigenvalue weighted by Crippen LogP contribution is -2.30. The van der Waals surface area contributed by atoms with Crippen LogP contribution in [-0.4, -0.2) is 36.6 Å². The Morgan fingerprint density at radius 3 is 2.74 bits per heavy atom. The fraction of sp³-hybridized carbons (Fsp3) is 0.333. The summed E-state index contributed by atoms with van der Waals surface area (Å²) in [5.74, 6) is 1.40. The van der Waals surface area contributed by atoms with Crippen LogP contribution in [0.5, 0.6) is 11.5 Å². The molecule has 3 rings (SSSR count). The smallest absolute Gasteiger partial charge is 0.255 e. The van der Waals surface area contributed by atoms with Gasteiger partial charge in [-0.15, -0.1) is 0 Å². The predicted molar refractivity (Wildman–Crippen MR) is 86.8 cm³/mol. The Morgan fingerprint density at radius 1 is 1.22 bits per heavy atom. The molecule has 0 aliphatic carbocycles. The molecule has 1 saturated heterocycles. The van der Waals surface area contributed by atoms with Gasteiger partial charge < -0.3 is 14.4 Å². The zero-order valence-electron chi connectivity index (χ0n) is 13.4. The predicted octanol–water partition coefficient (Wildman–Crippen LogP) is 3.08. The van der Waals surface area contributed by atoms with E-state index in [4.69, 9.17) is 9.47 Å². The molecular formula is C18H20N2O3. The van der Waals surface area contributed by atoms with Crippen LogP contribution < -0.4 is 9.47 Å². The van der Waals surface area contributed by atoms with E-state index in [-0.39, 0.29) is 11.9 Å². The van der Waals surface area contributed by atoms with Gasteiger partial charge in [0.05, 0.1) is 25.8 Å². The van der Waals surface area contributed by atoms with Gasteiger partial charge in [0.15, 0.2) is 11.5 Å². The minimum atomic E-state index is 0.0235. The first-order valence-corrected chi connectivity index (χ1v) is 7.67. The van der Waals surface area contributed by atoms with Crippen LogP contribution in [0, 0.1) is 0 Å². The van der Waals surface area contributed by atoms with Crippen LogP contribution in [0.25, 0.3) is 0 Å². The van der Waals surface area contributed by atoms with Crippen LogP contribution in [0.1, 0.15) is 34.8 Å². The highest BCUT2D eigenvalue weighted by molar-refractivity contribution is 5.94.